The third-order valence-electron chi connectivity index (χ3n) is 5.93. The van der Waals surface area contributed by atoms with E-state index in [0.29, 0.717) is 44.1 Å². The number of halogens is 1. The molecule has 1 aromatic carbocycles. The highest BCUT2D eigenvalue weighted by molar-refractivity contribution is 7.17. The Bertz CT molecular complexity index is 1150. The van der Waals surface area contributed by atoms with Crippen LogP contribution in [0.2, 0.25) is 5.02 Å². The minimum atomic E-state index is -0.393. The van der Waals surface area contributed by atoms with Gasteiger partial charge in [-0.15, -0.1) is 11.3 Å². The number of hydrogen-bond acceptors (Lipinski definition) is 6. The lowest BCUT2D eigenvalue weighted by molar-refractivity contribution is -0.112. The molecule has 174 valence electrons. The Kier molecular flexibility index (Phi) is 7.10. The highest BCUT2D eigenvalue weighted by Gasteiger charge is 2.30. The summed E-state index contributed by atoms with van der Waals surface area (Å²) in [5, 5.41) is 3.95. The van der Waals surface area contributed by atoms with Crippen LogP contribution in [0.5, 0.6) is 11.5 Å². The summed E-state index contributed by atoms with van der Waals surface area (Å²) in [4.78, 5) is 27.2. The number of fused-ring (bicyclic) bond motifs is 2. The monoisotopic (exact) mass is 487 g/mol. The molecule has 33 heavy (non-hydrogen) atoms. The second-order valence-corrected chi connectivity index (χ2v) is 9.49. The second kappa shape index (κ2) is 10.0. The van der Waals surface area contributed by atoms with E-state index in [4.69, 9.17) is 25.8 Å². The van der Waals surface area contributed by atoms with E-state index in [1.165, 1.54) is 24.7 Å². The van der Waals surface area contributed by atoms with E-state index in [1.807, 2.05) is 0 Å². The van der Waals surface area contributed by atoms with Crippen LogP contribution >= 0.6 is 22.9 Å². The number of carbonyl (C=O) groups excluding carboxylic acids is 2. The predicted molar refractivity (Wildman–Crippen MR) is 130 cm³/mol. The number of nitrogens with one attached hydrogen (secondary N) is 1. The number of thiophene rings is 1. The number of anilines is 1. The van der Waals surface area contributed by atoms with Crippen molar-refractivity contribution in [1.29, 1.82) is 0 Å². The van der Waals surface area contributed by atoms with Crippen molar-refractivity contribution < 1.29 is 23.8 Å². The van der Waals surface area contributed by atoms with Gasteiger partial charge in [0.15, 0.2) is 11.5 Å². The third-order valence-corrected chi connectivity index (χ3v) is 7.31. The predicted octanol–water partition coefficient (Wildman–Crippen LogP) is 6.03. The Morgan fingerprint density at radius 2 is 2.12 bits per heavy atom. The molecule has 4 rings (SSSR count). The number of amides is 1. The van der Waals surface area contributed by atoms with E-state index in [9.17, 15) is 9.59 Å². The Morgan fingerprint density at radius 1 is 1.30 bits per heavy atom. The molecule has 2 aliphatic rings. The summed E-state index contributed by atoms with van der Waals surface area (Å²) in [6.45, 7) is 4.24. The van der Waals surface area contributed by atoms with Gasteiger partial charge in [0.1, 0.15) is 5.00 Å². The highest BCUT2D eigenvalue weighted by atomic mass is 35.5. The summed E-state index contributed by atoms with van der Waals surface area (Å²) in [5.41, 5.74) is 2.48. The van der Waals surface area contributed by atoms with E-state index >= 15 is 0 Å². The van der Waals surface area contributed by atoms with Crippen LogP contribution in [-0.4, -0.2) is 25.6 Å². The molecule has 8 heteroatoms. The topological polar surface area (TPSA) is 73.9 Å². The summed E-state index contributed by atoms with van der Waals surface area (Å²) in [7, 11) is 1.53. The molecule has 1 N–H and O–H groups in total. The first kappa shape index (κ1) is 23.4. The van der Waals surface area contributed by atoms with Crippen LogP contribution in [0.25, 0.3) is 6.08 Å². The van der Waals surface area contributed by atoms with Crippen LogP contribution in [-0.2, 0) is 22.4 Å². The van der Waals surface area contributed by atoms with E-state index in [2.05, 4.69) is 12.2 Å². The van der Waals surface area contributed by atoms with Gasteiger partial charge >= 0.3 is 5.97 Å². The molecule has 0 radical (unpaired) electrons. The van der Waals surface area contributed by atoms with Crippen molar-refractivity contribution in [3.63, 3.8) is 0 Å². The van der Waals surface area contributed by atoms with E-state index in [-0.39, 0.29) is 12.5 Å². The smallest absolute Gasteiger partial charge is 0.341 e. The Hall–Kier alpha value is -2.77. The zero-order valence-corrected chi connectivity index (χ0v) is 20.4. The van der Waals surface area contributed by atoms with Crippen molar-refractivity contribution in [2.45, 2.75) is 39.5 Å². The van der Waals surface area contributed by atoms with Gasteiger partial charge in [0.25, 0.3) is 5.91 Å². The van der Waals surface area contributed by atoms with Gasteiger partial charge in [0.2, 0.25) is 0 Å². The van der Waals surface area contributed by atoms with Crippen LogP contribution in [0.1, 0.15) is 53.1 Å². The van der Waals surface area contributed by atoms with Gasteiger partial charge < -0.3 is 19.5 Å². The number of esters is 1. The molecule has 2 aromatic rings. The molecule has 0 bridgehead atoms. The number of ether oxygens (including phenoxy) is 3. The van der Waals surface area contributed by atoms with Crippen molar-refractivity contribution in [3.8, 4) is 11.5 Å². The fourth-order valence-corrected chi connectivity index (χ4v) is 5.75. The average molecular weight is 488 g/mol. The van der Waals surface area contributed by atoms with Crippen molar-refractivity contribution in [2.75, 3.05) is 19.0 Å². The number of benzene rings is 1. The first-order valence-electron chi connectivity index (χ1n) is 11.0. The zero-order chi connectivity index (χ0) is 23.5. The lowest BCUT2D eigenvalue weighted by atomic mass is 9.85. The molecule has 2 heterocycles. The minimum absolute atomic E-state index is 0.277. The molecular formula is C25H26ClNO5S. The lowest BCUT2D eigenvalue weighted by Gasteiger charge is -2.20. The van der Waals surface area contributed by atoms with E-state index < -0.39 is 5.97 Å². The minimum Gasteiger partial charge on any atom is -0.493 e. The van der Waals surface area contributed by atoms with Crippen molar-refractivity contribution in [3.05, 3.63) is 56.6 Å². The third kappa shape index (κ3) is 4.80. The van der Waals surface area contributed by atoms with Gasteiger partial charge in [0, 0.05) is 27.1 Å². The van der Waals surface area contributed by atoms with Crippen LogP contribution in [0.4, 0.5) is 5.00 Å². The number of carbonyl (C=O) groups is 2. The van der Waals surface area contributed by atoms with Crippen molar-refractivity contribution >= 4 is 45.9 Å². The van der Waals surface area contributed by atoms with Gasteiger partial charge in [-0.3, -0.25) is 4.79 Å². The molecule has 1 aliphatic carbocycles. The molecule has 0 fully saturated rings. The maximum atomic E-state index is 13.2. The van der Waals surface area contributed by atoms with Crippen LogP contribution in [0.3, 0.4) is 0 Å². The van der Waals surface area contributed by atoms with Gasteiger partial charge in [0.05, 0.1) is 25.5 Å². The van der Waals surface area contributed by atoms with Crippen LogP contribution < -0.4 is 14.8 Å². The van der Waals surface area contributed by atoms with Gasteiger partial charge in [-0.25, -0.2) is 4.79 Å². The lowest BCUT2D eigenvalue weighted by Crippen LogP contribution is -2.17. The molecule has 6 nitrogen and oxygen atoms in total. The molecular weight excluding hydrogens is 462 g/mol. The van der Waals surface area contributed by atoms with Crippen LogP contribution in [0.15, 0.2) is 30.0 Å². The quantitative estimate of drug-likeness (QED) is 0.503. The van der Waals surface area contributed by atoms with Gasteiger partial charge in [-0.2, -0.15) is 0 Å². The van der Waals surface area contributed by atoms with E-state index in [0.717, 1.165) is 36.1 Å². The van der Waals surface area contributed by atoms with E-state index in [1.54, 1.807) is 31.2 Å². The standard InChI is InChI=1S/C25H26ClNO5S/c1-4-14-6-7-18-20(10-14)33-24(21(18)25(29)31-5-2)27-23(28)15-8-9-32-22-16(11-15)12-17(26)13-19(22)30-3/h8-9,11-14H,4-7,10H2,1-3H3,(H,27,28)/t14-/m0/s1. The summed E-state index contributed by atoms with van der Waals surface area (Å²) in [6.07, 6.45) is 8.56. The number of rotatable bonds is 6. The summed E-state index contributed by atoms with van der Waals surface area (Å²) >= 11 is 7.67. The van der Waals surface area contributed by atoms with Crippen molar-refractivity contribution in [2.24, 2.45) is 5.92 Å². The molecule has 1 aromatic heterocycles. The number of methoxy groups -OCH3 is 1. The normalized spacial score (nSPS) is 16.6. The molecule has 1 amide bonds. The molecule has 1 atom stereocenters. The van der Waals surface area contributed by atoms with Crippen LogP contribution in [0, 0.1) is 5.92 Å². The summed E-state index contributed by atoms with van der Waals surface area (Å²) in [5.74, 6) is 0.802. The fraction of sp³-hybridized carbons (Fsp3) is 0.360. The summed E-state index contributed by atoms with van der Waals surface area (Å²) in [6, 6.07) is 3.36. The Labute approximate surface area is 202 Å². The maximum absolute atomic E-state index is 13.2. The molecule has 0 saturated carbocycles. The average Bonchev–Trinajstić information content (AvgIpc) is 3.00. The maximum Gasteiger partial charge on any atom is 0.341 e. The SMILES string of the molecule is CCOC(=O)c1c(NC(=O)C2=Cc3cc(Cl)cc(OC)c3OC=C2)sc2c1CC[C@H](CC)C2. The second-order valence-electron chi connectivity index (χ2n) is 7.95. The van der Waals surface area contributed by atoms with Crippen molar-refractivity contribution in [1.82, 2.24) is 0 Å². The fourth-order valence-electron chi connectivity index (χ4n) is 4.19. The first-order chi connectivity index (χ1) is 15.9. The molecule has 1 aliphatic heterocycles. The Balaban J connectivity index is 1.68. The van der Waals surface area contributed by atoms with Gasteiger partial charge in [-0.1, -0.05) is 24.9 Å². The number of hydrogen-bond donors (Lipinski definition) is 1. The largest absolute Gasteiger partial charge is 0.493 e. The molecule has 0 spiro atoms. The zero-order valence-electron chi connectivity index (χ0n) is 18.8. The Morgan fingerprint density at radius 3 is 2.85 bits per heavy atom. The van der Waals surface area contributed by atoms with Gasteiger partial charge in [-0.05, 0) is 55.9 Å². The first-order valence-corrected chi connectivity index (χ1v) is 12.2. The molecule has 0 unspecified atom stereocenters. The molecule has 0 saturated heterocycles. The highest BCUT2D eigenvalue weighted by Crippen LogP contribution is 2.42. The summed E-state index contributed by atoms with van der Waals surface area (Å²) < 4.78 is 16.3.